The van der Waals surface area contributed by atoms with Crippen LogP contribution in [0.25, 0.3) is 0 Å². The minimum Gasteiger partial charge on any atom is -0.462 e. The van der Waals surface area contributed by atoms with Crippen molar-refractivity contribution < 1.29 is 9.53 Å². The van der Waals surface area contributed by atoms with E-state index in [9.17, 15) is 4.79 Å². The van der Waals surface area contributed by atoms with Gasteiger partial charge in [-0.15, -0.1) is 11.3 Å². The van der Waals surface area contributed by atoms with Crippen LogP contribution in [0.15, 0.2) is 18.2 Å². The standard InChI is InChI=1S/C24H29Cl2N3O2S2/c1-2-31-23(30)21-18-6-4-3-5-7-20(18)33-22(21)27-24(32)29-12-10-28(11-13-29)15-16-8-9-17(25)14-19(16)26/h8-9,14H,2-7,10-13,15H2,1H3,(H,27,32). The van der Waals surface area contributed by atoms with Gasteiger partial charge in [0.25, 0.3) is 0 Å². The van der Waals surface area contributed by atoms with Gasteiger partial charge in [-0.2, -0.15) is 0 Å². The van der Waals surface area contributed by atoms with Crippen molar-refractivity contribution in [3.63, 3.8) is 0 Å². The number of rotatable bonds is 5. The molecule has 1 aliphatic carbocycles. The molecule has 1 N–H and O–H groups in total. The molecule has 0 amide bonds. The van der Waals surface area contributed by atoms with Gasteiger partial charge in [-0.25, -0.2) is 4.79 Å². The summed E-state index contributed by atoms with van der Waals surface area (Å²) in [6.07, 6.45) is 5.43. The summed E-state index contributed by atoms with van der Waals surface area (Å²) in [5.41, 5.74) is 2.93. The molecule has 0 radical (unpaired) electrons. The van der Waals surface area contributed by atoms with Gasteiger partial charge in [0, 0.05) is 47.6 Å². The minimum atomic E-state index is -0.244. The highest BCUT2D eigenvalue weighted by Gasteiger charge is 2.27. The fraction of sp³-hybridized carbons (Fsp3) is 0.500. The SMILES string of the molecule is CCOC(=O)c1c(NC(=S)N2CCN(Cc3ccc(Cl)cc3Cl)CC2)sc2c1CCCCC2. The van der Waals surface area contributed by atoms with E-state index in [1.165, 1.54) is 17.7 Å². The van der Waals surface area contributed by atoms with Crippen molar-refractivity contribution in [2.75, 3.05) is 38.1 Å². The number of carbonyl (C=O) groups excluding carboxylic acids is 1. The maximum absolute atomic E-state index is 12.8. The number of esters is 1. The number of thiophene rings is 1. The topological polar surface area (TPSA) is 44.8 Å². The van der Waals surface area contributed by atoms with Crippen molar-refractivity contribution >= 4 is 62.8 Å². The highest BCUT2D eigenvalue weighted by Crippen LogP contribution is 2.38. The molecule has 1 aromatic heterocycles. The Bertz CT molecular complexity index is 1020. The Morgan fingerprint density at radius 3 is 2.64 bits per heavy atom. The lowest BCUT2D eigenvalue weighted by molar-refractivity contribution is 0.0527. The fourth-order valence-corrected chi connectivity index (χ4v) is 6.52. The average Bonchev–Trinajstić information content (AvgIpc) is 2.96. The van der Waals surface area contributed by atoms with Gasteiger partial charge in [-0.3, -0.25) is 4.90 Å². The van der Waals surface area contributed by atoms with Crippen LogP contribution in [0.4, 0.5) is 5.00 Å². The number of aryl methyl sites for hydroxylation is 1. The molecule has 1 fully saturated rings. The third-order valence-corrected chi connectivity index (χ3v) is 8.34. The number of nitrogens with one attached hydrogen (secondary N) is 1. The summed E-state index contributed by atoms with van der Waals surface area (Å²) in [6, 6.07) is 5.65. The lowest BCUT2D eigenvalue weighted by Gasteiger charge is -2.36. The summed E-state index contributed by atoms with van der Waals surface area (Å²) in [5.74, 6) is -0.244. The highest BCUT2D eigenvalue weighted by atomic mass is 35.5. The van der Waals surface area contributed by atoms with E-state index in [1.807, 2.05) is 19.1 Å². The molecule has 0 atom stereocenters. The summed E-state index contributed by atoms with van der Waals surface area (Å²) < 4.78 is 5.39. The van der Waals surface area contributed by atoms with E-state index in [4.69, 9.17) is 40.2 Å². The maximum atomic E-state index is 12.8. The molecule has 1 aliphatic heterocycles. The van der Waals surface area contributed by atoms with Gasteiger partial charge in [0.15, 0.2) is 5.11 Å². The Kier molecular flexibility index (Phi) is 8.52. The minimum absolute atomic E-state index is 0.244. The van der Waals surface area contributed by atoms with Crippen molar-refractivity contribution in [2.24, 2.45) is 0 Å². The summed E-state index contributed by atoms with van der Waals surface area (Å²) in [6.45, 7) is 6.39. The van der Waals surface area contributed by atoms with Gasteiger partial charge >= 0.3 is 5.97 Å². The number of nitrogens with zero attached hydrogens (tertiary/aromatic N) is 2. The Morgan fingerprint density at radius 2 is 1.91 bits per heavy atom. The Hall–Kier alpha value is -1.38. The lowest BCUT2D eigenvalue weighted by Crippen LogP contribution is -2.49. The van der Waals surface area contributed by atoms with E-state index < -0.39 is 0 Å². The van der Waals surface area contributed by atoms with E-state index in [0.717, 1.165) is 68.1 Å². The number of piperazine rings is 1. The van der Waals surface area contributed by atoms with Gasteiger partial charge in [0.2, 0.25) is 0 Å². The molecule has 33 heavy (non-hydrogen) atoms. The number of hydrogen-bond donors (Lipinski definition) is 1. The van der Waals surface area contributed by atoms with Crippen LogP contribution in [-0.4, -0.2) is 53.7 Å². The summed E-state index contributed by atoms with van der Waals surface area (Å²) in [4.78, 5) is 18.6. The van der Waals surface area contributed by atoms with E-state index in [0.29, 0.717) is 27.3 Å². The Balaban J connectivity index is 1.40. The molecular formula is C24H29Cl2N3O2S2. The first-order valence-electron chi connectivity index (χ1n) is 11.5. The molecule has 1 aromatic carbocycles. The summed E-state index contributed by atoms with van der Waals surface area (Å²) >= 11 is 19.8. The van der Waals surface area contributed by atoms with Crippen LogP contribution in [-0.2, 0) is 24.1 Å². The average molecular weight is 527 g/mol. The molecule has 0 saturated carbocycles. The van der Waals surface area contributed by atoms with Crippen molar-refractivity contribution in [3.05, 3.63) is 49.8 Å². The van der Waals surface area contributed by atoms with Gasteiger partial charge in [-0.05, 0) is 68.1 Å². The number of carbonyl (C=O) groups is 1. The number of thiocarbonyl (C=S) groups is 1. The number of benzene rings is 1. The number of ether oxygens (including phenoxy) is 1. The van der Waals surface area contributed by atoms with Gasteiger partial charge in [-0.1, -0.05) is 35.7 Å². The van der Waals surface area contributed by atoms with E-state index >= 15 is 0 Å². The van der Waals surface area contributed by atoms with E-state index in [2.05, 4.69) is 15.1 Å². The molecule has 5 nitrogen and oxygen atoms in total. The molecule has 0 unspecified atom stereocenters. The molecule has 0 bridgehead atoms. The van der Waals surface area contributed by atoms with Crippen LogP contribution in [0.3, 0.4) is 0 Å². The molecule has 9 heteroatoms. The van der Waals surface area contributed by atoms with Crippen LogP contribution >= 0.6 is 46.8 Å². The zero-order valence-corrected chi connectivity index (χ0v) is 21.9. The molecule has 2 heterocycles. The van der Waals surface area contributed by atoms with Gasteiger partial charge in [0.05, 0.1) is 12.2 Å². The summed E-state index contributed by atoms with van der Waals surface area (Å²) in [7, 11) is 0. The van der Waals surface area contributed by atoms with Gasteiger partial charge in [0.1, 0.15) is 5.00 Å². The van der Waals surface area contributed by atoms with Crippen LogP contribution in [0.2, 0.25) is 10.0 Å². The quantitative estimate of drug-likeness (QED) is 0.292. The first-order valence-corrected chi connectivity index (χ1v) is 13.5. The second kappa shape index (κ2) is 11.4. The highest BCUT2D eigenvalue weighted by molar-refractivity contribution is 7.80. The zero-order chi connectivity index (χ0) is 23.4. The molecule has 0 spiro atoms. The third-order valence-electron chi connectivity index (χ3n) is 6.19. The molecule has 1 saturated heterocycles. The number of hydrogen-bond acceptors (Lipinski definition) is 5. The van der Waals surface area contributed by atoms with Crippen LogP contribution < -0.4 is 5.32 Å². The Labute approximate surface area is 215 Å². The predicted molar refractivity (Wildman–Crippen MR) is 141 cm³/mol. The van der Waals surface area contributed by atoms with E-state index in [1.54, 1.807) is 17.4 Å². The third kappa shape index (κ3) is 6.01. The Morgan fingerprint density at radius 1 is 1.15 bits per heavy atom. The normalized spacial score (nSPS) is 16.8. The molecule has 178 valence electrons. The monoisotopic (exact) mass is 525 g/mol. The van der Waals surface area contributed by atoms with Crippen molar-refractivity contribution in [3.8, 4) is 0 Å². The molecular weight excluding hydrogens is 497 g/mol. The van der Waals surface area contributed by atoms with Crippen LogP contribution in [0.5, 0.6) is 0 Å². The molecule has 2 aliphatic rings. The van der Waals surface area contributed by atoms with E-state index in [-0.39, 0.29) is 5.97 Å². The van der Waals surface area contributed by atoms with Crippen LogP contribution in [0, 0.1) is 0 Å². The maximum Gasteiger partial charge on any atom is 0.341 e. The summed E-state index contributed by atoms with van der Waals surface area (Å²) in [5, 5.41) is 6.25. The van der Waals surface area contributed by atoms with Crippen molar-refractivity contribution in [1.82, 2.24) is 9.80 Å². The number of fused-ring (bicyclic) bond motifs is 1. The number of halogens is 2. The molecule has 4 rings (SSSR count). The zero-order valence-electron chi connectivity index (χ0n) is 18.8. The molecule has 2 aromatic rings. The first kappa shape index (κ1) is 24.7. The smallest absolute Gasteiger partial charge is 0.341 e. The van der Waals surface area contributed by atoms with Gasteiger partial charge < -0.3 is 15.0 Å². The van der Waals surface area contributed by atoms with Crippen molar-refractivity contribution in [1.29, 1.82) is 0 Å². The fourth-order valence-electron chi connectivity index (χ4n) is 4.43. The number of anilines is 1. The van der Waals surface area contributed by atoms with Crippen LogP contribution in [0.1, 0.15) is 52.5 Å². The van der Waals surface area contributed by atoms with Crippen molar-refractivity contribution in [2.45, 2.75) is 45.6 Å². The second-order valence-electron chi connectivity index (χ2n) is 8.42. The largest absolute Gasteiger partial charge is 0.462 e. The second-order valence-corrected chi connectivity index (χ2v) is 10.8. The lowest BCUT2D eigenvalue weighted by atomic mass is 10.1. The first-order chi connectivity index (χ1) is 16.0. The predicted octanol–water partition coefficient (Wildman–Crippen LogP) is 6.02.